The number of phenols is 1. The van der Waals surface area contributed by atoms with Crippen molar-refractivity contribution in [1.29, 1.82) is 0 Å². The summed E-state index contributed by atoms with van der Waals surface area (Å²) in [5, 5.41) is 35.1. The number of aromatic hydroxyl groups is 1. The lowest BCUT2D eigenvalue weighted by Crippen LogP contribution is -2.57. The normalized spacial score (nSPS) is 13.5. The monoisotopic (exact) mass is 594 g/mol. The first-order chi connectivity index (χ1) is 19.7. The van der Waals surface area contributed by atoms with Gasteiger partial charge >= 0.3 is 11.9 Å². The van der Waals surface area contributed by atoms with Crippen LogP contribution in [0.5, 0.6) is 5.75 Å². The van der Waals surface area contributed by atoms with Crippen LogP contribution in [0.1, 0.15) is 44.1 Å². The fraction of sp³-hybridized carbons (Fsp3) is 0.480. The molecule has 17 nitrogen and oxygen atoms in total. The van der Waals surface area contributed by atoms with E-state index in [2.05, 4.69) is 20.9 Å². The second kappa shape index (κ2) is 17.7. The SMILES string of the molecule is NC(=O)CCC(NC(=O)C(CCCN=C(N)N)NC(=O)C(N)CCC(=O)O)C(=O)NC(Cc1ccc(O)cc1)C(=O)O. The maximum Gasteiger partial charge on any atom is 0.326 e. The molecule has 4 atom stereocenters. The first kappa shape index (κ1) is 35.1. The van der Waals surface area contributed by atoms with Gasteiger partial charge in [-0.05, 0) is 43.4 Å². The van der Waals surface area contributed by atoms with Gasteiger partial charge in [-0.2, -0.15) is 0 Å². The second-order valence-corrected chi connectivity index (χ2v) is 9.39. The molecule has 4 unspecified atom stereocenters. The summed E-state index contributed by atoms with van der Waals surface area (Å²) in [6.45, 7) is 0.0934. The average Bonchev–Trinajstić information content (AvgIpc) is 2.91. The van der Waals surface area contributed by atoms with Crippen molar-refractivity contribution in [3.8, 4) is 5.75 Å². The highest BCUT2D eigenvalue weighted by molar-refractivity contribution is 5.94. The van der Waals surface area contributed by atoms with Crippen molar-refractivity contribution in [2.45, 2.75) is 69.1 Å². The Morgan fingerprint density at radius 2 is 1.31 bits per heavy atom. The van der Waals surface area contributed by atoms with Gasteiger partial charge in [0.15, 0.2) is 5.96 Å². The Balaban J connectivity index is 3.09. The minimum Gasteiger partial charge on any atom is -0.508 e. The number of carboxylic acids is 2. The molecule has 42 heavy (non-hydrogen) atoms. The van der Waals surface area contributed by atoms with E-state index in [4.69, 9.17) is 28.0 Å². The van der Waals surface area contributed by atoms with Crippen LogP contribution in [-0.4, -0.2) is 87.6 Å². The van der Waals surface area contributed by atoms with Crippen molar-refractivity contribution in [2.75, 3.05) is 6.54 Å². The number of hydrogen-bond acceptors (Lipinski definition) is 9. The highest BCUT2D eigenvalue weighted by atomic mass is 16.4. The van der Waals surface area contributed by atoms with Gasteiger partial charge in [0.05, 0.1) is 6.04 Å². The maximum absolute atomic E-state index is 13.2. The van der Waals surface area contributed by atoms with Gasteiger partial charge < -0.3 is 54.2 Å². The predicted octanol–water partition coefficient (Wildman–Crippen LogP) is -3.02. The zero-order valence-corrected chi connectivity index (χ0v) is 22.8. The minimum atomic E-state index is -1.43. The van der Waals surface area contributed by atoms with Crippen LogP contribution in [-0.2, 0) is 35.2 Å². The fourth-order valence-electron chi connectivity index (χ4n) is 3.63. The number of aliphatic carboxylic acids is 2. The Morgan fingerprint density at radius 3 is 1.83 bits per heavy atom. The summed E-state index contributed by atoms with van der Waals surface area (Å²) in [6, 6.07) is 0.253. The summed E-state index contributed by atoms with van der Waals surface area (Å²) in [5.74, 6) is -6.18. The molecule has 1 aromatic carbocycles. The van der Waals surface area contributed by atoms with Crippen molar-refractivity contribution < 1.29 is 44.1 Å². The van der Waals surface area contributed by atoms with Crippen LogP contribution >= 0.6 is 0 Å². The summed E-state index contributed by atoms with van der Waals surface area (Å²) in [5.41, 5.74) is 22.0. The smallest absolute Gasteiger partial charge is 0.326 e. The highest BCUT2D eigenvalue weighted by Gasteiger charge is 2.30. The number of primary amides is 1. The van der Waals surface area contributed by atoms with E-state index in [1.807, 2.05) is 0 Å². The van der Waals surface area contributed by atoms with Crippen molar-refractivity contribution in [1.82, 2.24) is 16.0 Å². The third-order valence-electron chi connectivity index (χ3n) is 5.89. The zero-order chi connectivity index (χ0) is 31.8. The number of aliphatic imine (C=N–C) groups is 1. The Kier molecular flexibility index (Phi) is 14.8. The molecule has 0 aromatic heterocycles. The van der Waals surface area contributed by atoms with Crippen molar-refractivity contribution in [3.63, 3.8) is 0 Å². The number of nitrogens with one attached hydrogen (secondary N) is 3. The Bertz CT molecular complexity index is 1140. The number of nitrogens with two attached hydrogens (primary N) is 4. The molecule has 1 rings (SSSR count). The van der Waals surface area contributed by atoms with Crippen LogP contribution < -0.4 is 38.9 Å². The molecule has 0 aliphatic rings. The molecule has 0 radical (unpaired) electrons. The molecular weight excluding hydrogens is 556 g/mol. The van der Waals surface area contributed by atoms with Gasteiger partial charge in [0, 0.05) is 25.8 Å². The van der Waals surface area contributed by atoms with E-state index in [9.17, 15) is 39.0 Å². The molecule has 14 N–H and O–H groups in total. The quantitative estimate of drug-likeness (QED) is 0.0435. The van der Waals surface area contributed by atoms with E-state index in [0.29, 0.717) is 5.56 Å². The molecule has 0 aliphatic heterocycles. The zero-order valence-electron chi connectivity index (χ0n) is 22.8. The molecule has 0 saturated carbocycles. The Morgan fingerprint density at radius 1 is 0.762 bits per heavy atom. The number of carboxylic acid groups (broad SMARTS) is 2. The molecule has 0 fully saturated rings. The molecule has 0 spiro atoms. The number of nitrogens with zero attached hydrogens (tertiary/aromatic N) is 1. The molecule has 17 heteroatoms. The standard InChI is InChI=1S/C25H38N8O9/c26-15(7-10-20(36)37)21(38)31-16(2-1-11-30-25(28)29)22(39)32-17(8-9-19(27)35)23(40)33-18(24(41)42)12-13-3-5-14(34)6-4-13/h3-6,15-18,34H,1-2,7-12,26H2,(H2,27,35)(H,31,38)(H,32,39)(H,33,40)(H,36,37)(H,41,42)(H4,28,29,30). The van der Waals surface area contributed by atoms with Crippen LogP contribution in [0.15, 0.2) is 29.3 Å². The molecule has 0 aliphatic carbocycles. The maximum atomic E-state index is 13.2. The number of carbonyl (C=O) groups excluding carboxylic acids is 4. The largest absolute Gasteiger partial charge is 0.508 e. The summed E-state index contributed by atoms with van der Waals surface area (Å²) in [6.07, 6.45) is -1.20. The highest BCUT2D eigenvalue weighted by Crippen LogP contribution is 2.12. The van der Waals surface area contributed by atoms with Gasteiger partial charge in [-0.25, -0.2) is 4.79 Å². The van der Waals surface area contributed by atoms with E-state index in [0.717, 1.165) is 0 Å². The minimum absolute atomic E-state index is 0.0250. The summed E-state index contributed by atoms with van der Waals surface area (Å²) in [4.78, 5) is 76.8. The lowest BCUT2D eigenvalue weighted by molar-refractivity contribution is -0.142. The summed E-state index contributed by atoms with van der Waals surface area (Å²) < 4.78 is 0. The van der Waals surface area contributed by atoms with Crippen molar-refractivity contribution in [3.05, 3.63) is 29.8 Å². The number of rotatable bonds is 19. The molecule has 1 aromatic rings. The van der Waals surface area contributed by atoms with Crippen LogP contribution in [0.25, 0.3) is 0 Å². The number of phenolic OH excluding ortho intramolecular Hbond substituents is 1. The van der Waals surface area contributed by atoms with Gasteiger partial charge in [-0.15, -0.1) is 0 Å². The summed E-state index contributed by atoms with van der Waals surface area (Å²) in [7, 11) is 0. The lowest BCUT2D eigenvalue weighted by atomic mass is 10.0. The van der Waals surface area contributed by atoms with E-state index >= 15 is 0 Å². The molecule has 0 saturated heterocycles. The molecule has 0 bridgehead atoms. The number of guanidine groups is 1. The van der Waals surface area contributed by atoms with Gasteiger partial charge in [-0.1, -0.05) is 12.1 Å². The van der Waals surface area contributed by atoms with E-state index < -0.39 is 59.7 Å². The number of benzene rings is 1. The molecular formula is C25H38N8O9. The first-order valence-electron chi connectivity index (χ1n) is 12.9. The topological polar surface area (TPSA) is 316 Å². The van der Waals surface area contributed by atoms with Crippen LogP contribution in [0, 0.1) is 0 Å². The Labute approximate surface area is 241 Å². The fourth-order valence-corrected chi connectivity index (χ4v) is 3.63. The molecule has 4 amide bonds. The van der Waals surface area contributed by atoms with Gasteiger partial charge in [0.1, 0.15) is 23.9 Å². The first-order valence-corrected chi connectivity index (χ1v) is 12.9. The molecule has 232 valence electrons. The van der Waals surface area contributed by atoms with Crippen LogP contribution in [0.4, 0.5) is 0 Å². The van der Waals surface area contributed by atoms with Gasteiger partial charge in [0.25, 0.3) is 0 Å². The van der Waals surface area contributed by atoms with Crippen molar-refractivity contribution in [2.24, 2.45) is 27.9 Å². The summed E-state index contributed by atoms with van der Waals surface area (Å²) >= 11 is 0. The number of amides is 4. The van der Waals surface area contributed by atoms with Gasteiger partial charge in [0.2, 0.25) is 23.6 Å². The van der Waals surface area contributed by atoms with Crippen molar-refractivity contribution >= 4 is 41.5 Å². The molecule has 0 heterocycles. The number of carbonyl (C=O) groups is 6. The predicted molar refractivity (Wildman–Crippen MR) is 148 cm³/mol. The Hall–Kier alpha value is -4.93. The van der Waals surface area contributed by atoms with Crippen LogP contribution in [0.3, 0.4) is 0 Å². The number of hydrogen-bond donors (Lipinski definition) is 10. The average molecular weight is 595 g/mol. The third kappa shape index (κ3) is 13.9. The third-order valence-corrected chi connectivity index (χ3v) is 5.89. The second-order valence-electron chi connectivity index (χ2n) is 9.39. The van der Waals surface area contributed by atoms with E-state index in [1.165, 1.54) is 24.3 Å². The lowest BCUT2D eigenvalue weighted by Gasteiger charge is -2.25. The van der Waals surface area contributed by atoms with E-state index in [-0.39, 0.29) is 63.2 Å². The van der Waals surface area contributed by atoms with Crippen LogP contribution in [0.2, 0.25) is 0 Å². The van der Waals surface area contributed by atoms with Gasteiger partial charge in [-0.3, -0.25) is 29.0 Å². The van der Waals surface area contributed by atoms with E-state index in [1.54, 1.807) is 0 Å².